The fraction of sp³-hybridized carbons (Fsp3) is 0.488. The van der Waals surface area contributed by atoms with Crippen LogP contribution in [0.5, 0.6) is 5.75 Å². The first-order valence-electron chi connectivity index (χ1n) is 19.8. The van der Waals surface area contributed by atoms with Crippen molar-refractivity contribution in [3.05, 3.63) is 99.0 Å². The summed E-state index contributed by atoms with van der Waals surface area (Å²) in [7, 11) is -2.83. The Hall–Kier alpha value is -5.56. The number of rotatable bonds is 17. The summed E-state index contributed by atoms with van der Waals surface area (Å²) in [6, 6.07) is 11.5. The predicted molar refractivity (Wildman–Crippen MR) is 218 cm³/mol. The van der Waals surface area contributed by atoms with Crippen molar-refractivity contribution in [2.75, 3.05) is 51.6 Å². The Morgan fingerprint density at radius 1 is 0.935 bits per heavy atom. The second-order valence-electron chi connectivity index (χ2n) is 14.5. The Labute approximate surface area is 357 Å². The number of halogens is 2. The standard InChI is InChI=1S/C38H45F2N4O14P.C3H8/c1-24(2)57-36(48)53-22-55-59(50,56-23-54-37(49)58-25(3)4)16-14-43-35(47)31-33(52-20-26-9-7-6-8-10-26)32(45)29(19-44(31)42(5)38(43)13-15-51-21-38)34(46)41-18-27-11-12-28(39)17-30(27)40;1-3-2/h6-12,17,19,24-25H,13-16,18,20-23H2,1-5H3,(H,41,46);3H2,1-2H3. The summed E-state index contributed by atoms with van der Waals surface area (Å²) >= 11 is 0. The fourth-order valence-electron chi connectivity index (χ4n) is 6.14. The minimum atomic E-state index is -4.41. The average Bonchev–Trinajstić information content (AvgIpc) is 3.69. The van der Waals surface area contributed by atoms with Crippen LogP contribution in [-0.4, -0.2) is 98.1 Å². The summed E-state index contributed by atoms with van der Waals surface area (Å²) in [5.41, 5.74) is -2.48. The van der Waals surface area contributed by atoms with Crippen LogP contribution in [-0.2, 0) is 50.4 Å². The van der Waals surface area contributed by atoms with E-state index in [1.807, 2.05) is 0 Å². The maximum atomic E-state index is 14.8. The number of nitrogens with zero attached hydrogens (tertiary/aromatic N) is 3. The maximum Gasteiger partial charge on any atom is 0.510 e. The van der Waals surface area contributed by atoms with Crippen molar-refractivity contribution < 1.29 is 70.0 Å². The molecule has 21 heteroatoms. The molecule has 1 N–H and O–H groups in total. The van der Waals surface area contributed by atoms with Crippen molar-refractivity contribution in [2.24, 2.45) is 0 Å². The third-order valence-corrected chi connectivity index (χ3v) is 10.8. The molecule has 18 nitrogen and oxygen atoms in total. The van der Waals surface area contributed by atoms with Crippen LogP contribution in [0.4, 0.5) is 18.4 Å². The Balaban J connectivity index is 0.00000273. The quantitative estimate of drug-likeness (QED) is 0.0879. The number of aromatic nitrogens is 1. The van der Waals surface area contributed by atoms with Crippen molar-refractivity contribution in [1.82, 2.24) is 14.9 Å². The van der Waals surface area contributed by atoms with Crippen LogP contribution in [0.25, 0.3) is 0 Å². The van der Waals surface area contributed by atoms with Gasteiger partial charge in [0.15, 0.2) is 17.1 Å². The van der Waals surface area contributed by atoms with Crippen LogP contribution in [0.2, 0.25) is 0 Å². The van der Waals surface area contributed by atoms with E-state index in [4.69, 9.17) is 37.5 Å². The van der Waals surface area contributed by atoms with Crippen LogP contribution < -0.4 is 20.5 Å². The SMILES string of the molecule is CC(C)OC(=O)OCOP(=O)(CCN1C(=O)c2c(OCc3ccccc3)c(=O)c(C(=O)NCc3ccc(F)cc3F)cn2N(C)C12CCOC2)OCOC(=O)OC(C)C.CCC. The molecule has 62 heavy (non-hydrogen) atoms. The summed E-state index contributed by atoms with van der Waals surface area (Å²) < 4.78 is 85.5. The topological polar surface area (TPSA) is 200 Å². The fourth-order valence-corrected chi connectivity index (χ4v) is 7.34. The third kappa shape index (κ3) is 12.7. The Bertz CT molecular complexity index is 2100. The minimum absolute atomic E-state index is 0.0438. The number of hydrogen-bond donors (Lipinski definition) is 1. The Kier molecular flexibility index (Phi) is 17.8. The third-order valence-electron chi connectivity index (χ3n) is 9.04. The van der Waals surface area contributed by atoms with Gasteiger partial charge in [-0.15, -0.1) is 0 Å². The number of fused-ring (bicyclic) bond motifs is 1. The van der Waals surface area contributed by atoms with Crippen molar-refractivity contribution in [2.45, 2.75) is 85.4 Å². The van der Waals surface area contributed by atoms with Gasteiger partial charge in [0.1, 0.15) is 23.8 Å². The minimum Gasteiger partial charge on any atom is -0.482 e. The maximum absolute atomic E-state index is 14.8. The van der Waals surface area contributed by atoms with Gasteiger partial charge >= 0.3 is 19.9 Å². The van der Waals surface area contributed by atoms with Gasteiger partial charge in [-0.25, -0.2) is 18.4 Å². The van der Waals surface area contributed by atoms with Gasteiger partial charge in [-0.05, 0) is 39.3 Å². The number of nitrogens with one attached hydrogen (secondary N) is 1. The number of likely N-dealkylation sites (N-methyl/N-ethyl adjacent to an activating group) is 1. The number of ether oxygens (including phenoxy) is 6. The molecule has 0 aliphatic carbocycles. The molecule has 1 fully saturated rings. The number of carbonyl (C=O) groups excluding carboxylic acids is 4. The van der Waals surface area contributed by atoms with Crippen molar-refractivity contribution in [3.8, 4) is 5.75 Å². The molecule has 0 bridgehead atoms. The summed E-state index contributed by atoms with van der Waals surface area (Å²) in [5.74, 6) is -3.96. The normalized spacial score (nSPS) is 15.8. The van der Waals surface area contributed by atoms with E-state index in [1.165, 1.54) is 16.0 Å². The van der Waals surface area contributed by atoms with E-state index >= 15 is 0 Å². The lowest BCUT2D eigenvalue weighted by Gasteiger charge is -2.52. The number of pyridine rings is 1. The van der Waals surface area contributed by atoms with Gasteiger partial charge in [0, 0.05) is 44.4 Å². The van der Waals surface area contributed by atoms with Gasteiger partial charge in [0.2, 0.25) is 19.0 Å². The first kappa shape index (κ1) is 49.1. The van der Waals surface area contributed by atoms with Crippen LogP contribution >= 0.6 is 7.60 Å². The average molecular weight is 895 g/mol. The lowest BCUT2D eigenvalue weighted by molar-refractivity contribution is -0.0307. The predicted octanol–water partition coefficient (Wildman–Crippen LogP) is 6.46. The van der Waals surface area contributed by atoms with E-state index in [2.05, 4.69) is 19.2 Å². The molecule has 2 aliphatic rings. The molecule has 2 aliphatic heterocycles. The highest BCUT2D eigenvalue weighted by Crippen LogP contribution is 2.49. The molecule has 0 saturated carbocycles. The van der Waals surface area contributed by atoms with Crippen molar-refractivity contribution in [3.63, 3.8) is 0 Å². The molecule has 1 unspecified atom stereocenters. The van der Waals surface area contributed by atoms with Gasteiger partial charge in [0.25, 0.3) is 11.8 Å². The molecule has 2 aromatic carbocycles. The van der Waals surface area contributed by atoms with Crippen LogP contribution in [0, 0.1) is 11.6 Å². The number of amides is 2. The summed E-state index contributed by atoms with van der Waals surface area (Å²) in [4.78, 5) is 67.9. The highest BCUT2D eigenvalue weighted by molar-refractivity contribution is 7.53. The molecule has 1 aromatic heterocycles. The largest absolute Gasteiger partial charge is 0.510 e. The molecule has 5 rings (SSSR count). The van der Waals surface area contributed by atoms with Gasteiger partial charge in [-0.1, -0.05) is 56.7 Å². The van der Waals surface area contributed by atoms with Crippen molar-refractivity contribution in [1.29, 1.82) is 0 Å². The van der Waals surface area contributed by atoms with E-state index < -0.39 is 111 Å². The lowest BCUT2D eigenvalue weighted by atomic mass is 10.0. The van der Waals surface area contributed by atoms with Crippen LogP contribution in [0.3, 0.4) is 0 Å². The Morgan fingerprint density at radius 2 is 1.55 bits per heavy atom. The molecular formula is C41H53F2N4O14P. The molecule has 0 radical (unpaired) electrons. The molecule has 1 saturated heterocycles. The highest BCUT2D eigenvalue weighted by atomic mass is 31.2. The molecule has 3 heterocycles. The lowest BCUT2D eigenvalue weighted by Crippen LogP contribution is -2.70. The van der Waals surface area contributed by atoms with Crippen LogP contribution in [0.1, 0.15) is 86.4 Å². The zero-order chi connectivity index (χ0) is 45.6. The van der Waals surface area contributed by atoms with E-state index in [1.54, 1.807) is 70.1 Å². The monoisotopic (exact) mass is 894 g/mol. The Morgan fingerprint density at radius 3 is 2.10 bits per heavy atom. The van der Waals surface area contributed by atoms with E-state index in [9.17, 15) is 37.3 Å². The van der Waals surface area contributed by atoms with Crippen LogP contribution in [0.15, 0.2) is 59.5 Å². The summed E-state index contributed by atoms with van der Waals surface area (Å²) in [6.07, 6.45) is -1.30. The smallest absolute Gasteiger partial charge is 0.482 e. The molecule has 340 valence electrons. The first-order valence-corrected chi connectivity index (χ1v) is 21.5. The molecule has 3 aromatic rings. The number of carbonyl (C=O) groups is 4. The second-order valence-corrected chi connectivity index (χ2v) is 16.7. The highest BCUT2D eigenvalue weighted by Gasteiger charge is 2.53. The molecule has 1 atom stereocenters. The summed E-state index contributed by atoms with van der Waals surface area (Å²) in [5, 5.41) is 4.04. The second kappa shape index (κ2) is 22.5. The number of hydrogen-bond acceptors (Lipinski definition) is 15. The molecule has 2 amide bonds. The van der Waals surface area contributed by atoms with E-state index in [0.29, 0.717) is 11.6 Å². The van der Waals surface area contributed by atoms with Gasteiger partial charge < -0.3 is 38.6 Å². The zero-order valence-corrected chi connectivity index (χ0v) is 36.6. The van der Waals surface area contributed by atoms with Gasteiger partial charge in [-0.2, -0.15) is 0 Å². The van der Waals surface area contributed by atoms with Crippen molar-refractivity contribution >= 4 is 31.7 Å². The molecule has 1 spiro atoms. The molecular weight excluding hydrogens is 841 g/mol. The van der Waals surface area contributed by atoms with Gasteiger partial charge in [-0.3, -0.25) is 37.7 Å². The van der Waals surface area contributed by atoms with Gasteiger partial charge in [0.05, 0.1) is 31.6 Å². The summed E-state index contributed by atoms with van der Waals surface area (Å²) in [6.45, 7) is 7.84. The van der Waals surface area contributed by atoms with E-state index in [0.717, 1.165) is 18.3 Å². The zero-order valence-electron chi connectivity index (χ0n) is 35.7. The van der Waals surface area contributed by atoms with E-state index in [-0.39, 0.29) is 37.5 Å². The first-order chi connectivity index (χ1) is 29.4. The number of benzene rings is 2.